The van der Waals surface area contributed by atoms with Crippen LogP contribution in [0.25, 0.3) is 105 Å². The van der Waals surface area contributed by atoms with Gasteiger partial charge in [0.05, 0.1) is 21.1 Å². The first-order chi connectivity index (χ1) is 34.2. The van der Waals surface area contributed by atoms with Crippen LogP contribution >= 0.6 is 34.0 Å². The molecule has 0 amide bonds. The standard InChI is InChI=1S/2C11H8N2O.3C11H8N2S/c1-7-2-3-9-8-4-5-12-6-10(8)14-11(9)13-7;1-7-2-3-8-9-6-12-5-4-10(9)14-11(8)13-7;1-7-2-3-9-8-4-5-12-6-10(8)14-11(9)13-7;1-7-2-3-8-9-6-12-5-4-10(9)14-11(8)13-7;1-7-4-5-8-10-9(3-2-6-12-10)14-11(8)13-7/h5*2-6H,1H3. The normalized spacial score (nSPS) is 11.2. The van der Waals surface area contributed by atoms with Crippen LogP contribution in [0.4, 0.5) is 0 Å². The van der Waals surface area contributed by atoms with E-state index < -0.39 is 0 Å². The third-order valence-electron chi connectivity index (χ3n) is 11.3. The van der Waals surface area contributed by atoms with Crippen LogP contribution in [0.15, 0.2) is 162 Å². The van der Waals surface area contributed by atoms with Gasteiger partial charge in [0.2, 0.25) is 11.4 Å². The van der Waals surface area contributed by atoms with Crippen molar-refractivity contribution in [3.63, 3.8) is 0 Å². The molecular formula is C55H40N10O2S3. The first-order valence-corrected chi connectivity index (χ1v) is 24.7. The van der Waals surface area contributed by atoms with Gasteiger partial charge in [-0.2, -0.15) is 0 Å². The van der Waals surface area contributed by atoms with Gasteiger partial charge in [-0.25, -0.2) is 24.9 Å². The molecule has 0 saturated carbocycles. The summed E-state index contributed by atoms with van der Waals surface area (Å²) in [4.78, 5) is 46.1. The monoisotopic (exact) mass is 968 g/mol. The van der Waals surface area contributed by atoms with Crippen LogP contribution in [0.5, 0.6) is 0 Å². The smallest absolute Gasteiger partial charge is 0.227 e. The molecule has 15 aromatic rings. The number of hydrogen-bond donors (Lipinski definition) is 0. The molecule has 0 aliphatic carbocycles. The molecule has 70 heavy (non-hydrogen) atoms. The van der Waals surface area contributed by atoms with E-state index in [0.717, 1.165) is 86.6 Å². The molecule has 0 spiro atoms. The van der Waals surface area contributed by atoms with E-state index >= 15 is 0 Å². The Balaban J connectivity index is 0.0000000952. The fraction of sp³-hybridized carbons (Fsp3) is 0.0909. The minimum absolute atomic E-state index is 0.688. The number of hydrogen-bond acceptors (Lipinski definition) is 15. The van der Waals surface area contributed by atoms with Crippen molar-refractivity contribution in [3.8, 4) is 0 Å². The summed E-state index contributed by atoms with van der Waals surface area (Å²) in [5, 5.41) is 10.2. The molecule has 0 fully saturated rings. The molecule has 0 aliphatic heterocycles. The summed E-state index contributed by atoms with van der Waals surface area (Å²) in [7, 11) is 0. The molecule has 0 unspecified atom stereocenters. The second kappa shape index (κ2) is 19.0. The Morgan fingerprint density at radius 2 is 0.814 bits per heavy atom. The Bertz CT molecular complexity index is 3720. The summed E-state index contributed by atoms with van der Waals surface area (Å²) in [5.74, 6) is 0. The van der Waals surface area contributed by atoms with Crippen LogP contribution in [0.1, 0.15) is 28.5 Å². The molecule has 0 radical (unpaired) electrons. The van der Waals surface area contributed by atoms with Crippen LogP contribution in [-0.4, -0.2) is 49.8 Å². The highest BCUT2D eigenvalue weighted by atomic mass is 32.1. The lowest BCUT2D eigenvalue weighted by atomic mass is 10.2. The molecule has 15 aromatic heterocycles. The summed E-state index contributed by atoms with van der Waals surface area (Å²) in [6, 6.07) is 32.4. The van der Waals surface area contributed by atoms with Crippen molar-refractivity contribution >= 4 is 139 Å². The Morgan fingerprint density at radius 1 is 0.329 bits per heavy atom. The van der Waals surface area contributed by atoms with Crippen LogP contribution in [0.3, 0.4) is 0 Å². The van der Waals surface area contributed by atoms with Crippen LogP contribution in [-0.2, 0) is 0 Å². The Labute approximate surface area is 411 Å². The summed E-state index contributed by atoms with van der Waals surface area (Å²) in [5.41, 5.74) is 9.20. The fourth-order valence-electron chi connectivity index (χ4n) is 7.96. The van der Waals surface area contributed by atoms with Gasteiger partial charge < -0.3 is 8.83 Å². The molecule has 15 heteroatoms. The van der Waals surface area contributed by atoms with Gasteiger partial charge in [-0.05, 0) is 132 Å². The van der Waals surface area contributed by atoms with Crippen molar-refractivity contribution < 1.29 is 8.83 Å². The van der Waals surface area contributed by atoms with Gasteiger partial charge in [-0.3, -0.25) is 24.9 Å². The van der Waals surface area contributed by atoms with E-state index in [2.05, 4.69) is 80.2 Å². The quantitative estimate of drug-likeness (QED) is 0.142. The maximum Gasteiger partial charge on any atom is 0.227 e. The lowest BCUT2D eigenvalue weighted by Crippen LogP contribution is -1.78. The van der Waals surface area contributed by atoms with Gasteiger partial charge in [-0.15, -0.1) is 34.0 Å². The van der Waals surface area contributed by atoms with Crippen LogP contribution < -0.4 is 0 Å². The van der Waals surface area contributed by atoms with E-state index in [1.807, 2.05) is 132 Å². The summed E-state index contributed by atoms with van der Waals surface area (Å²) in [6.45, 7) is 9.94. The first kappa shape index (κ1) is 44.3. The van der Waals surface area contributed by atoms with E-state index in [1.165, 1.54) is 35.6 Å². The first-order valence-electron chi connectivity index (χ1n) is 22.2. The largest absolute Gasteiger partial charge is 0.438 e. The number of furan rings is 2. The van der Waals surface area contributed by atoms with Crippen molar-refractivity contribution in [2.24, 2.45) is 0 Å². The summed E-state index contributed by atoms with van der Waals surface area (Å²) < 4.78 is 14.8. The minimum atomic E-state index is 0.688. The average Bonchev–Trinajstić information content (AvgIpc) is 4.20. The molecule has 0 saturated heterocycles. The van der Waals surface area contributed by atoms with E-state index in [0.29, 0.717) is 11.4 Å². The predicted octanol–water partition coefficient (Wildman–Crippen LogP) is 14.8. The average molecular weight is 969 g/mol. The van der Waals surface area contributed by atoms with Crippen molar-refractivity contribution in [1.29, 1.82) is 0 Å². The van der Waals surface area contributed by atoms with Crippen LogP contribution in [0.2, 0.25) is 0 Å². The number of rotatable bonds is 0. The third-order valence-corrected chi connectivity index (χ3v) is 14.5. The zero-order chi connectivity index (χ0) is 47.7. The minimum Gasteiger partial charge on any atom is -0.438 e. The predicted molar refractivity (Wildman–Crippen MR) is 287 cm³/mol. The molecule has 12 nitrogen and oxygen atoms in total. The molecule has 0 N–H and O–H groups in total. The van der Waals surface area contributed by atoms with Crippen molar-refractivity contribution in [1.82, 2.24) is 49.8 Å². The highest BCUT2D eigenvalue weighted by Gasteiger charge is 2.10. The Kier molecular flexibility index (Phi) is 12.0. The van der Waals surface area contributed by atoms with Gasteiger partial charge >= 0.3 is 0 Å². The molecule has 15 heterocycles. The second-order valence-electron chi connectivity index (χ2n) is 16.4. The Hall–Kier alpha value is -8.24. The highest BCUT2D eigenvalue weighted by Crippen LogP contribution is 2.34. The SMILES string of the molecule is Cc1ccc2c(n1)oc1ccncc12.Cc1ccc2c(n1)oc1cnccc12.Cc1ccc2c(n1)sc1cccnc12.Cc1ccc2c(n1)sc1ccncc12.Cc1ccc2c(n1)sc1cnccc12. The number of aryl methyl sites for hydroxylation is 5. The van der Waals surface area contributed by atoms with E-state index in [4.69, 9.17) is 8.83 Å². The molecule has 340 valence electrons. The molecule has 0 atom stereocenters. The molecular weight excluding hydrogens is 929 g/mol. The lowest BCUT2D eigenvalue weighted by Gasteiger charge is -1.91. The van der Waals surface area contributed by atoms with Gasteiger partial charge in [0, 0.05) is 131 Å². The maximum absolute atomic E-state index is 5.58. The van der Waals surface area contributed by atoms with Gasteiger partial charge in [-0.1, -0.05) is 0 Å². The van der Waals surface area contributed by atoms with E-state index in [9.17, 15) is 0 Å². The second-order valence-corrected chi connectivity index (χ2v) is 19.5. The molecule has 15 rings (SSSR count). The number of fused-ring (bicyclic) bond motifs is 15. The summed E-state index contributed by atoms with van der Waals surface area (Å²) >= 11 is 5.13. The zero-order valence-electron chi connectivity index (χ0n) is 38.4. The molecule has 0 bridgehead atoms. The van der Waals surface area contributed by atoms with E-state index in [1.54, 1.807) is 58.8 Å². The topological polar surface area (TPSA) is 155 Å². The number of pyridine rings is 10. The number of aromatic nitrogens is 10. The van der Waals surface area contributed by atoms with Crippen molar-refractivity contribution in [3.05, 3.63) is 181 Å². The third kappa shape index (κ3) is 8.96. The van der Waals surface area contributed by atoms with E-state index in [-0.39, 0.29) is 0 Å². The van der Waals surface area contributed by atoms with Crippen molar-refractivity contribution in [2.75, 3.05) is 0 Å². The van der Waals surface area contributed by atoms with Crippen LogP contribution in [0, 0.1) is 34.6 Å². The van der Waals surface area contributed by atoms with Crippen molar-refractivity contribution in [2.45, 2.75) is 34.6 Å². The Morgan fingerprint density at radius 3 is 1.51 bits per heavy atom. The maximum atomic E-state index is 5.58. The zero-order valence-corrected chi connectivity index (χ0v) is 40.9. The number of thiophene rings is 3. The van der Waals surface area contributed by atoms with Gasteiger partial charge in [0.25, 0.3) is 0 Å². The van der Waals surface area contributed by atoms with Gasteiger partial charge in [0.1, 0.15) is 20.1 Å². The van der Waals surface area contributed by atoms with Gasteiger partial charge in [0.15, 0.2) is 5.58 Å². The summed E-state index contributed by atoms with van der Waals surface area (Å²) in [6.07, 6.45) is 16.3. The molecule has 0 aromatic carbocycles. The molecule has 0 aliphatic rings. The number of nitrogens with zero attached hydrogens (tertiary/aromatic N) is 10. The highest BCUT2D eigenvalue weighted by molar-refractivity contribution is 7.26. The fourth-order valence-corrected chi connectivity index (χ4v) is 11.2. The lowest BCUT2D eigenvalue weighted by molar-refractivity contribution is 0.650.